The fraction of sp³-hybridized carbons (Fsp3) is 0.222. The molecule has 2 rings (SSSR count). The molecule has 0 fully saturated rings. The minimum Gasteiger partial charge on any atom is -0.322 e. The van der Waals surface area contributed by atoms with E-state index in [0.717, 1.165) is 11.8 Å². The highest BCUT2D eigenvalue weighted by Crippen LogP contribution is 2.26. The summed E-state index contributed by atoms with van der Waals surface area (Å²) < 4.78 is 0. The maximum Gasteiger partial charge on any atom is 0.255 e. The van der Waals surface area contributed by atoms with E-state index in [-0.39, 0.29) is 11.3 Å². The number of anilines is 1. The van der Waals surface area contributed by atoms with Gasteiger partial charge in [-0.05, 0) is 41.3 Å². The molecule has 0 heterocycles. The summed E-state index contributed by atoms with van der Waals surface area (Å²) in [6.45, 7) is 6.24. The average molecular weight is 281 g/mol. The van der Waals surface area contributed by atoms with Gasteiger partial charge >= 0.3 is 0 Å². The van der Waals surface area contributed by atoms with Gasteiger partial charge in [0, 0.05) is 16.8 Å². The van der Waals surface area contributed by atoms with Crippen molar-refractivity contribution in [3.8, 4) is 0 Å². The van der Waals surface area contributed by atoms with Gasteiger partial charge in [-0.3, -0.25) is 9.59 Å². The summed E-state index contributed by atoms with van der Waals surface area (Å²) in [5.74, 6) is -0.139. The molecule has 0 aliphatic carbocycles. The molecule has 0 saturated heterocycles. The first-order chi connectivity index (χ1) is 9.91. The zero-order chi connectivity index (χ0) is 15.5. The summed E-state index contributed by atoms with van der Waals surface area (Å²) in [7, 11) is 0. The molecule has 3 nitrogen and oxygen atoms in total. The maximum absolute atomic E-state index is 12.5. The molecule has 0 radical (unpaired) electrons. The van der Waals surface area contributed by atoms with Crippen molar-refractivity contribution in [3.05, 3.63) is 65.2 Å². The number of hydrogen-bond donors (Lipinski definition) is 1. The van der Waals surface area contributed by atoms with E-state index in [9.17, 15) is 9.59 Å². The van der Waals surface area contributed by atoms with Crippen molar-refractivity contribution >= 4 is 17.9 Å². The monoisotopic (exact) mass is 281 g/mol. The van der Waals surface area contributed by atoms with Crippen LogP contribution in [-0.2, 0) is 5.41 Å². The van der Waals surface area contributed by atoms with Crippen LogP contribution in [-0.4, -0.2) is 12.2 Å². The summed E-state index contributed by atoms with van der Waals surface area (Å²) in [6, 6.07) is 14.4. The van der Waals surface area contributed by atoms with E-state index in [1.165, 1.54) is 0 Å². The summed E-state index contributed by atoms with van der Waals surface area (Å²) in [6.07, 6.45) is 0.778. The lowest BCUT2D eigenvalue weighted by Gasteiger charge is -2.22. The largest absolute Gasteiger partial charge is 0.322 e. The summed E-state index contributed by atoms with van der Waals surface area (Å²) in [5.41, 5.74) is 2.84. The fourth-order valence-corrected chi connectivity index (χ4v) is 2.18. The molecule has 0 aliphatic rings. The van der Waals surface area contributed by atoms with Crippen LogP contribution in [0.25, 0.3) is 0 Å². The summed E-state index contributed by atoms with van der Waals surface area (Å²) in [4.78, 5) is 23.1. The van der Waals surface area contributed by atoms with Crippen molar-refractivity contribution in [1.82, 2.24) is 0 Å². The normalized spacial score (nSPS) is 11.0. The molecule has 0 unspecified atom stereocenters. The van der Waals surface area contributed by atoms with E-state index < -0.39 is 0 Å². The standard InChI is InChI=1S/C18H19NO2/c1-18(2,3)16-7-5-4-6-15(16)17(21)19-14-10-8-13(12-20)9-11-14/h4-12H,1-3H3,(H,19,21). The highest BCUT2D eigenvalue weighted by molar-refractivity contribution is 6.05. The Bertz CT molecular complexity index is 652. The zero-order valence-corrected chi connectivity index (χ0v) is 12.5. The second-order valence-electron chi connectivity index (χ2n) is 5.99. The highest BCUT2D eigenvalue weighted by Gasteiger charge is 2.21. The molecule has 3 heteroatoms. The van der Waals surface area contributed by atoms with E-state index in [0.29, 0.717) is 16.8 Å². The molecule has 21 heavy (non-hydrogen) atoms. The van der Waals surface area contributed by atoms with Crippen LogP contribution in [0.1, 0.15) is 47.1 Å². The molecule has 0 atom stereocenters. The summed E-state index contributed by atoms with van der Waals surface area (Å²) >= 11 is 0. The van der Waals surface area contributed by atoms with Gasteiger partial charge < -0.3 is 5.32 Å². The van der Waals surface area contributed by atoms with Gasteiger partial charge in [-0.2, -0.15) is 0 Å². The number of rotatable bonds is 3. The van der Waals surface area contributed by atoms with Crippen molar-refractivity contribution in [2.75, 3.05) is 5.32 Å². The zero-order valence-electron chi connectivity index (χ0n) is 12.5. The number of carbonyl (C=O) groups excluding carboxylic acids is 2. The number of carbonyl (C=O) groups is 2. The number of nitrogens with one attached hydrogen (secondary N) is 1. The van der Waals surface area contributed by atoms with E-state index in [4.69, 9.17) is 0 Å². The van der Waals surface area contributed by atoms with Crippen molar-refractivity contribution in [2.45, 2.75) is 26.2 Å². The Morgan fingerprint density at radius 3 is 2.19 bits per heavy atom. The van der Waals surface area contributed by atoms with Crippen LogP contribution < -0.4 is 5.32 Å². The van der Waals surface area contributed by atoms with Gasteiger partial charge in [-0.15, -0.1) is 0 Å². The smallest absolute Gasteiger partial charge is 0.255 e. The fourth-order valence-electron chi connectivity index (χ4n) is 2.18. The average Bonchev–Trinajstić information content (AvgIpc) is 2.47. The molecule has 0 bridgehead atoms. The van der Waals surface area contributed by atoms with Gasteiger partial charge in [0.05, 0.1) is 0 Å². The number of aldehydes is 1. The van der Waals surface area contributed by atoms with Gasteiger partial charge in [0.15, 0.2) is 0 Å². The Hall–Kier alpha value is -2.42. The Morgan fingerprint density at radius 2 is 1.62 bits per heavy atom. The second-order valence-corrected chi connectivity index (χ2v) is 5.99. The topological polar surface area (TPSA) is 46.2 Å². The Kier molecular flexibility index (Phi) is 4.22. The van der Waals surface area contributed by atoms with Gasteiger partial charge in [-0.25, -0.2) is 0 Å². The SMILES string of the molecule is CC(C)(C)c1ccccc1C(=O)Nc1ccc(C=O)cc1. The third-order valence-corrected chi connectivity index (χ3v) is 3.28. The Morgan fingerprint density at radius 1 is 1.00 bits per heavy atom. The molecular weight excluding hydrogens is 262 g/mol. The first-order valence-electron chi connectivity index (χ1n) is 6.88. The van der Waals surface area contributed by atoms with E-state index in [1.54, 1.807) is 24.3 Å². The lowest BCUT2D eigenvalue weighted by atomic mass is 9.83. The van der Waals surface area contributed by atoms with Gasteiger partial charge in [0.2, 0.25) is 0 Å². The first kappa shape index (κ1) is 15.0. The highest BCUT2D eigenvalue weighted by atomic mass is 16.1. The molecule has 2 aromatic carbocycles. The van der Waals surface area contributed by atoms with Gasteiger partial charge in [0.25, 0.3) is 5.91 Å². The number of amides is 1. The minimum atomic E-state index is -0.139. The third kappa shape index (κ3) is 3.57. The maximum atomic E-state index is 12.5. The van der Waals surface area contributed by atoms with Crippen LogP contribution in [0.5, 0.6) is 0 Å². The molecule has 1 N–H and O–H groups in total. The predicted molar refractivity (Wildman–Crippen MR) is 84.9 cm³/mol. The van der Waals surface area contributed by atoms with E-state index >= 15 is 0 Å². The predicted octanol–water partition coefficient (Wildman–Crippen LogP) is 4.05. The Labute approximate surface area is 125 Å². The van der Waals surface area contributed by atoms with E-state index in [1.807, 2.05) is 24.3 Å². The van der Waals surface area contributed by atoms with Crippen molar-refractivity contribution in [2.24, 2.45) is 0 Å². The molecule has 0 aromatic heterocycles. The minimum absolute atomic E-state index is 0.102. The molecule has 0 saturated carbocycles. The molecule has 0 spiro atoms. The second kappa shape index (κ2) is 5.92. The van der Waals surface area contributed by atoms with Crippen LogP contribution >= 0.6 is 0 Å². The Balaban J connectivity index is 2.26. The van der Waals surface area contributed by atoms with Crippen molar-refractivity contribution in [3.63, 3.8) is 0 Å². The van der Waals surface area contributed by atoms with Crippen LogP contribution in [0, 0.1) is 0 Å². The molecule has 108 valence electrons. The van der Waals surface area contributed by atoms with E-state index in [2.05, 4.69) is 26.1 Å². The first-order valence-corrected chi connectivity index (χ1v) is 6.88. The molecule has 1 amide bonds. The van der Waals surface area contributed by atoms with Crippen LogP contribution in [0.2, 0.25) is 0 Å². The number of benzene rings is 2. The lowest BCUT2D eigenvalue weighted by molar-refractivity contribution is 0.102. The van der Waals surface area contributed by atoms with Crippen molar-refractivity contribution in [1.29, 1.82) is 0 Å². The quantitative estimate of drug-likeness (QED) is 0.863. The molecular formula is C18H19NO2. The molecule has 0 aliphatic heterocycles. The third-order valence-electron chi connectivity index (χ3n) is 3.28. The van der Waals surface area contributed by atoms with Gasteiger partial charge in [0.1, 0.15) is 6.29 Å². The lowest BCUT2D eigenvalue weighted by Crippen LogP contribution is -2.20. The van der Waals surface area contributed by atoms with Gasteiger partial charge in [-0.1, -0.05) is 39.0 Å². The number of hydrogen-bond acceptors (Lipinski definition) is 2. The molecule has 2 aromatic rings. The van der Waals surface area contributed by atoms with Crippen LogP contribution in [0.4, 0.5) is 5.69 Å². The van der Waals surface area contributed by atoms with Crippen molar-refractivity contribution < 1.29 is 9.59 Å². The van der Waals surface area contributed by atoms with Crippen LogP contribution in [0.3, 0.4) is 0 Å². The van der Waals surface area contributed by atoms with Crippen LogP contribution in [0.15, 0.2) is 48.5 Å². The summed E-state index contributed by atoms with van der Waals surface area (Å²) in [5, 5.41) is 2.87.